The molecule has 1 atom stereocenters. The van der Waals surface area contributed by atoms with Crippen LogP contribution < -0.4 is 11.1 Å². The van der Waals surface area contributed by atoms with Crippen LogP contribution in [-0.4, -0.2) is 11.5 Å². The molecule has 4 heteroatoms. The molecule has 1 rings (SSSR count). The SMILES string of the molecule is NC(O)NCc1cccs1. The van der Waals surface area contributed by atoms with Crippen molar-refractivity contribution in [2.45, 2.75) is 12.9 Å². The monoisotopic (exact) mass is 158 g/mol. The Bertz CT molecular complexity index is 174. The lowest BCUT2D eigenvalue weighted by atomic mass is 10.5. The van der Waals surface area contributed by atoms with E-state index in [1.54, 1.807) is 11.3 Å². The highest BCUT2D eigenvalue weighted by Gasteiger charge is 1.94. The first kappa shape index (κ1) is 7.68. The fourth-order valence-electron chi connectivity index (χ4n) is 0.618. The van der Waals surface area contributed by atoms with E-state index in [9.17, 15) is 0 Å². The van der Waals surface area contributed by atoms with Gasteiger partial charge in [0.25, 0.3) is 0 Å². The number of hydrogen-bond donors (Lipinski definition) is 3. The van der Waals surface area contributed by atoms with Crippen LogP contribution in [0, 0.1) is 0 Å². The van der Waals surface area contributed by atoms with Crippen LogP contribution in [0.4, 0.5) is 0 Å². The van der Waals surface area contributed by atoms with Gasteiger partial charge in [0.2, 0.25) is 0 Å². The van der Waals surface area contributed by atoms with Gasteiger partial charge in [-0.05, 0) is 11.4 Å². The van der Waals surface area contributed by atoms with Crippen LogP contribution in [0.2, 0.25) is 0 Å². The summed E-state index contributed by atoms with van der Waals surface area (Å²) in [4.78, 5) is 1.17. The fraction of sp³-hybridized carbons (Fsp3) is 0.333. The molecule has 1 aromatic heterocycles. The number of nitrogens with one attached hydrogen (secondary N) is 1. The van der Waals surface area contributed by atoms with Crippen LogP contribution in [0.1, 0.15) is 4.88 Å². The lowest BCUT2D eigenvalue weighted by Crippen LogP contribution is -2.35. The van der Waals surface area contributed by atoms with Crippen molar-refractivity contribution in [3.05, 3.63) is 22.4 Å². The molecule has 0 amide bonds. The molecule has 0 saturated carbocycles. The van der Waals surface area contributed by atoms with Crippen molar-refractivity contribution in [2.75, 3.05) is 0 Å². The van der Waals surface area contributed by atoms with Crippen molar-refractivity contribution in [1.82, 2.24) is 5.32 Å². The molecule has 1 aromatic rings. The predicted octanol–water partition coefficient (Wildman–Crippen LogP) is 0.0723. The van der Waals surface area contributed by atoms with Gasteiger partial charge in [0.15, 0.2) is 6.35 Å². The highest BCUT2D eigenvalue weighted by Crippen LogP contribution is 2.06. The van der Waals surface area contributed by atoms with Gasteiger partial charge in [0.05, 0.1) is 0 Å². The first-order valence-corrected chi connectivity index (χ1v) is 3.86. The maximum atomic E-state index is 8.62. The normalized spacial score (nSPS) is 13.4. The number of hydrogen-bond acceptors (Lipinski definition) is 4. The molecule has 0 aliphatic rings. The molecule has 56 valence electrons. The molecule has 0 spiro atoms. The van der Waals surface area contributed by atoms with Gasteiger partial charge in [0.1, 0.15) is 0 Å². The molecule has 0 aliphatic carbocycles. The molecule has 3 nitrogen and oxygen atoms in total. The van der Waals surface area contributed by atoms with Crippen LogP contribution in [-0.2, 0) is 6.54 Å². The van der Waals surface area contributed by atoms with Gasteiger partial charge in [-0.3, -0.25) is 11.1 Å². The van der Waals surface area contributed by atoms with Crippen LogP contribution in [0.5, 0.6) is 0 Å². The van der Waals surface area contributed by atoms with Gasteiger partial charge in [-0.15, -0.1) is 11.3 Å². The van der Waals surface area contributed by atoms with Crippen molar-refractivity contribution in [2.24, 2.45) is 5.73 Å². The average Bonchev–Trinajstić information content (AvgIpc) is 2.34. The smallest absolute Gasteiger partial charge is 0.158 e. The summed E-state index contributed by atoms with van der Waals surface area (Å²) in [5, 5.41) is 13.3. The number of thiophene rings is 1. The molecule has 4 N–H and O–H groups in total. The van der Waals surface area contributed by atoms with Crippen molar-refractivity contribution in [3.8, 4) is 0 Å². The summed E-state index contributed by atoms with van der Waals surface area (Å²) in [6.07, 6.45) is -0.915. The van der Waals surface area contributed by atoms with E-state index in [2.05, 4.69) is 5.32 Å². The minimum atomic E-state index is -0.915. The highest BCUT2D eigenvalue weighted by atomic mass is 32.1. The summed E-state index contributed by atoms with van der Waals surface area (Å²) >= 11 is 1.64. The largest absolute Gasteiger partial charge is 0.366 e. The van der Waals surface area contributed by atoms with E-state index in [1.807, 2.05) is 17.5 Å². The molecular formula is C6H10N2OS. The van der Waals surface area contributed by atoms with Crippen molar-refractivity contribution >= 4 is 11.3 Å². The zero-order chi connectivity index (χ0) is 7.40. The predicted molar refractivity (Wildman–Crippen MR) is 41.4 cm³/mol. The third kappa shape index (κ3) is 2.45. The lowest BCUT2D eigenvalue weighted by Gasteiger charge is -2.03. The van der Waals surface area contributed by atoms with Crippen LogP contribution in [0.15, 0.2) is 17.5 Å². The summed E-state index contributed by atoms with van der Waals surface area (Å²) in [5.74, 6) is 0. The minimum absolute atomic E-state index is 0.634. The van der Waals surface area contributed by atoms with Crippen LogP contribution >= 0.6 is 11.3 Å². The summed E-state index contributed by atoms with van der Waals surface area (Å²) in [7, 11) is 0. The van der Waals surface area contributed by atoms with Gasteiger partial charge < -0.3 is 5.11 Å². The molecule has 0 fully saturated rings. The second-order valence-corrected chi connectivity index (χ2v) is 2.94. The molecule has 0 saturated heterocycles. The lowest BCUT2D eigenvalue weighted by molar-refractivity contribution is 0.143. The van der Waals surface area contributed by atoms with E-state index in [0.717, 1.165) is 0 Å². The van der Waals surface area contributed by atoms with E-state index in [4.69, 9.17) is 10.8 Å². The zero-order valence-corrected chi connectivity index (χ0v) is 6.27. The Morgan fingerprint density at radius 3 is 3.10 bits per heavy atom. The van der Waals surface area contributed by atoms with Crippen molar-refractivity contribution in [1.29, 1.82) is 0 Å². The Kier molecular flexibility index (Phi) is 2.82. The minimum Gasteiger partial charge on any atom is -0.366 e. The summed E-state index contributed by atoms with van der Waals surface area (Å²) in [6.45, 7) is 0.634. The maximum Gasteiger partial charge on any atom is 0.158 e. The molecule has 0 bridgehead atoms. The first-order valence-electron chi connectivity index (χ1n) is 2.98. The van der Waals surface area contributed by atoms with E-state index in [1.165, 1.54) is 4.88 Å². The Morgan fingerprint density at radius 1 is 1.80 bits per heavy atom. The van der Waals surface area contributed by atoms with Crippen molar-refractivity contribution < 1.29 is 5.11 Å². The fourth-order valence-corrected chi connectivity index (χ4v) is 1.27. The summed E-state index contributed by atoms with van der Waals surface area (Å²) in [6, 6.07) is 3.95. The number of nitrogens with two attached hydrogens (primary N) is 1. The van der Waals surface area contributed by atoms with Gasteiger partial charge in [0, 0.05) is 11.4 Å². The molecule has 10 heavy (non-hydrogen) atoms. The Morgan fingerprint density at radius 2 is 2.60 bits per heavy atom. The van der Waals surface area contributed by atoms with E-state index < -0.39 is 6.35 Å². The Labute approximate surface area is 63.5 Å². The average molecular weight is 158 g/mol. The third-order valence-corrected chi connectivity index (χ3v) is 1.94. The second-order valence-electron chi connectivity index (χ2n) is 1.91. The van der Waals surface area contributed by atoms with E-state index >= 15 is 0 Å². The van der Waals surface area contributed by atoms with Gasteiger partial charge in [-0.1, -0.05) is 6.07 Å². The molecule has 0 radical (unpaired) electrons. The Balaban J connectivity index is 2.28. The molecule has 0 aliphatic heterocycles. The maximum absolute atomic E-state index is 8.62. The van der Waals surface area contributed by atoms with Gasteiger partial charge >= 0.3 is 0 Å². The number of aliphatic hydroxyl groups is 1. The quantitative estimate of drug-likeness (QED) is 0.546. The molecular weight excluding hydrogens is 148 g/mol. The van der Waals surface area contributed by atoms with Crippen LogP contribution in [0.3, 0.4) is 0 Å². The van der Waals surface area contributed by atoms with E-state index in [-0.39, 0.29) is 0 Å². The van der Waals surface area contributed by atoms with Crippen molar-refractivity contribution in [3.63, 3.8) is 0 Å². The standard InChI is InChI=1S/C6H10N2OS/c7-6(9)8-4-5-2-1-3-10-5/h1-3,6,8-9H,4,7H2. The Hall–Kier alpha value is -0.420. The zero-order valence-electron chi connectivity index (χ0n) is 5.45. The molecule has 1 unspecified atom stereocenters. The molecule has 0 aromatic carbocycles. The van der Waals surface area contributed by atoms with Crippen LogP contribution in [0.25, 0.3) is 0 Å². The second kappa shape index (κ2) is 3.68. The van der Waals surface area contributed by atoms with Gasteiger partial charge in [-0.2, -0.15) is 0 Å². The molecule has 1 heterocycles. The number of aliphatic hydroxyl groups excluding tert-OH is 1. The summed E-state index contributed by atoms with van der Waals surface area (Å²) < 4.78 is 0. The summed E-state index contributed by atoms with van der Waals surface area (Å²) in [5.41, 5.74) is 5.06. The number of rotatable bonds is 3. The highest BCUT2D eigenvalue weighted by molar-refractivity contribution is 7.09. The first-order chi connectivity index (χ1) is 4.79. The van der Waals surface area contributed by atoms with E-state index in [0.29, 0.717) is 6.54 Å². The topological polar surface area (TPSA) is 58.3 Å². The third-order valence-electron chi connectivity index (χ3n) is 1.07. The van der Waals surface area contributed by atoms with Gasteiger partial charge in [-0.25, -0.2) is 0 Å².